The number of piperidine rings is 1. The van der Waals surface area contributed by atoms with Crippen molar-refractivity contribution >= 4 is 47.0 Å². The fraction of sp³-hybridized carbons (Fsp3) is 0.585. The number of amides is 4. The number of aliphatic imine (C=N–C) groups is 1. The lowest BCUT2D eigenvalue weighted by Gasteiger charge is -2.49. The molecule has 0 aromatic heterocycles. The molecule has 4 saturated heterocycles. The number of amidine groups is 1. The number of benzene rings is 2. The summed E-state index contributed by atoms with van der Waals surface area (Å²) in [4.78, 5) is 64.4. The number of anilines is 3. The van der Waals surface area contributed by atoms with E-state index in [9.17, 15) is 19.2 Å². The van der Waals surface area contributed by atoms with Gasteiger partial charge in [0.15, 0.2) is 0 Å². The molecule has 14 heteroatoms. The molecule has 1 saturated carbocycles. The van der Waals surface area contributed by atoms with Crippen molar-refractivity contribution in [3.8, 4) is 0 Å². The fourth-order valence-electron chi connectivity index (χ4n) is 10.1. The van der Waals surface area contributed by atoms with E-state index in [1.54, 1.807) is 11.8 Å². The van der Waals surface area contributed by atoms with Crippen LogP contribution in [0.1, 0.15) is 152 Å². The van der Waals surface area contributed by atoms with Gasteiger partial charge in [-0.05, 0) is 136 Å². The summed E-state index contributed by atoms with van der Waals surface area (Å²) in [5.74, 6) is 2.42. The van der Waals surface area contributed by atoms with Crippen molar-refractivity contribution in [2.24, 2.45) is 16.3 Å². The molecule has 2 aromatic rings. The number of hydrogen-bond donors (Lipinski definition) is 2. The van der Waals surface area contributed by atoms with Crippen molar-refractivity contribution < 1.29 is 23.9 Å². The van der Waals surface area contributed by atoms with Gasteiger partial charge in [0.2, 0.25) is 11.8 Å². The van der Waals surface area contributed by atoms with E-state index in [1.807, 2.05) is 76.1 Å². The monoisotopic (exact) mass is 1090 g/mol. The lowest BCUT2D eigenvalue weighted by Crippen LogP contribution is -2.63. The van der Waals surface area contributed by atoms with Crippen molar-refractivity contribution in [2.75, 3.05) is 94.2 Å². The summed E-state index contributed by atoms with van der Waals surface area (Å²) in [7, 11) is 2.19. The van der Waals surface area contributed by atoms with Crippen LogP contribution in [-0.4, -0.2) is 135 Å². The summed E-state index contributed by atoms with van der Waals surface area (Å²) < 4.78 is 5.85. The van der Waals surface area contributed by atoms with Crippen LogP contribution in [0.15, 0.2) is 106 Å². The van der Waals surface area contributed by atoms with Gasteiger partial charge in [-0.3, -0.25) is 24.7 Å². The van der Waals surface area contributed by atoms with Crippen molar-refractivity contribution in [1.82, 2.24) is 24.9 Å². The first kappa shape index (κ1) is 65.5. The molecular weight excluding hydrogens is 987 g/mol. The summed E-state index contributed by atoms with van der Waals surface area (Å²) >= 11 is 0. The maximum atomic E-state index is 12.4. The number of carbonyl (C=O) groups is 4. The number of carbonyl (C=O) groups excluding carboxylic acids is 4. The molecular formula is C65H101N9O5. The van der Waals surface area contributed by atoms with E-state index in [4.69, 9.17) is 4.74 Å². The highest BCUT2D eigenvalue weighted by molar-refractivity contribution is 6.06. The molecule has 4 amide bonds. The van der Waals surface area contributed by atoms with E-state index in [-0.39, 0.29) is 17.8 Å². The van der Waals surface area contributed by atoms with E-state index >= 15 is 0 Å². The van der Waals surface area contributed by atoms with Gasteiger partial charge < -0.3 is 34.4 Å². The van der Waals surface area contributed by atoms with Crippen LogP contribution in [0.3, 0.4) is 0 Å². The SMILES string of the molecule is C=C1CN(C(/C=C/CCC)=C(\C)C2=C(C)OCCN2C(C)=O)CC/C1=C/N=C(C)Nc1ccc(CC=O)cc1.CC.CC(C)(C)C1CCC1.CCCC.Cc1cc(N2CC(N3CCN(C)CC3)C2)ccc1N1CCC(=O)NC1=O. The molecule has 0 unspecified atom stereocenters. The van der Waals surface area contributed by atoms with Gasteiger partial charge in [-0.2, -0.15) is 0 Å². The third-order valence-corrected chi connectivity index (χ3v) is 15.6. The first-order valence-corrected chi connectivity index (χ1v) is 29.6. The second-order valence-corrected chi connectivity index (χ2v) is 22.6. The Bertz CT molecular complexity index is 2460. The number of urea groups is 1. The van der Waals surface area contributed by atoms with Crippen LogP contribution in [0.4, 0.5) is 21.9 Å². The van der Waals surface area contributed by atoms with E-state index in [0.717, 1.165) is 139 Å². The zero-order chi connectivity index (χ0) is 58.2. The van der Waals surface area contributed by atoms with E-state index in [0.29, 0.717) is 50.5 Å². The molecule has 0 spiro atoms. The van der Waals surface area contributed by atoms with Gasteiger partial charge in [0.1, 0.15) is 24.5 Å². The smallest absolute Gasteiger partial charge is 0.328 e. The molecule has 5 aliphatic heterocycles. The van der Waals surface area contributed by atoms with Gasteiger partial charge in [0.05, 0.1) is 12.2 Å². The Balaban J connectivity index is 0.000000285. The summed E-state index contributed by atoms with van der Waals surface area (Å²) in [6.45, 7) is 41.3. The molecule has 14 nitrogen and oxygen atoms in total. The molecule has 2 N–H and O–H groups in total. The quantitative estimate of drug-likeness (QED) is 0.0864. The first-order chi connectivity index (χ1) is 37.8. The van der Waals surface area contributed by atoms with E-state index in [1.165, 1.54) is 37.8 Å². The van der Waals surface area contributed by atoms with Gasteiger partial charge in [-0.15, -0.1) is 0 Å². The molecule has 6 aliphatic rings. The third-order valence-electron chi connectivity index (χ3n) is 15.6. The van der Waals surface area contributed by atoms with Crippen LogP contribution >= 0.6 is 0 Å². The molecule has 0 atom stereocenters. The fourth-order valence-corrected chi connectivity index (χ4v) is 10.1. The minimum absolute atomic E-state index is 0.0240. The van der Waals surface area contributed by atoms with Crippen LogP contribution in [0.25, 0.3) is 0 Å². The average molecular weight is 1090 g/mol. The number of aryl methyl sites for hydroxylation is 1. The average Bonchev–Trinajstić information content (AvgIpc) is 3.41. The highest BCUT2D eigenvalue weighted by Gasteiger charge is 2.34. The molecule has 79 heavy (non-hydrogen) atoms. The normalized spacial score (nSPS) is 19.5. The Labute approximate surface area is 477 Å². The second kappa shape index (κ2) is 32.9. The van der Waals surface area contributed by atoms with E-state index < -0.39 is 0 Å². The minimum Gasteiger partial charge on any atom is -0.494 e. The number of rotatable bonds is 13. The molecule has 5 fully saturated rings. The zero-order valence-electron chi connectivity index (χ0n) is 51.2. The maximum Gasteiger partial charge on any atom is 0.328 e. The third kappa shape index (κ3) is 20.0. The summed E-state index contributed by atoms with van der Waals surface area (Å²) in [6.07, 6.45) is 17.9. The number of hydrogen-bond acceptors (Lipinski definition) is 10. The topological polar surface area (TPSA) is 133 Å². The number of allylic oxidation sites excluding steroid dienone is 4. The molecule has 1 aliphatic carbocycles. The standard InChI is InChI=1S/C32H42N4O3.C19H27N5O2.C8H16.C4H10.C2H6/c1-7-8-9-10-31(24(3)32-25(4)39-20-18-36(32)27(6)38)35-17-15-29(23(2)22-35)21-33-26(5)34-30-13-11-28(12-14-30)16-19-37;1-14-11-15(3-4-17(14)24-6-5-18(25)20-19(24)26)23-12-16(13-23)22-9-7-21(2)8-10-22;1-8(2,3)7-5-4-6-7;1-3-4-2;1-2/h9-14,19,21H,2,7-8,15-18,20,22H2,1,3-6H3,(H,33,34);3-4,11,16H,5-10,12-13H2,1-2H3,(H,20,25,26);7H,4-6H2,1-3H3;3-4H2,1-2H3;1-2H3/b10-9+,29-21-,31-24+;;;;. The Kier molecular flexibility index (Phi) is 27.3. The van der Waals surface area contributed by atoms with Crippen LogP contribution in [-0.2, 0) is 25.5 Å². The zero-order valence-corrected chi connectivity index (χ0v) is 51.2. The van der Waals surface area contributed by atoms with Gasteiger partial charge in [-0.1, -0.05) is 106 Å². The van der Waals surface area contributed by atoms with Crippen LogP contribution in [0, 0.1) is 18.3 Å². The number of ether oxygens (including phenoxy) is 1. The molecule has 436 valence electrons. The maximum absolute atomic E-state index is 12.4. The predicted octanol–water partition coefficient (Wildman–Crippen LogP) is 12.7. The summed E-state index contributed by atoms with van der Waals surface area (Å²) in [5.41, 5.74) is 10.8. The minimum atomic E-state index is -0.323. The molecule has 0 bridgehead atoms. The number of nitrogens with one attached hydrogen (secondary N) is 2. The Morgan fingerprint density at radius 3 is 2.09 bits per heavy atom. The largest absolute Gasteiger partial charge is 0.494 e. The van der Waals surface area contributed by atoms with Gasteiger partial charge in [0, 0.05) is 114 Å². The lowest BCUT2D eigenvalue weighted by molar-refractivity contribution is -0.128. The number of aldehydes is 1. The Hall–Kier alpha value is -5.99. The summed E-state index contributed by atoms with van der Waals surface area (Å²) in [6, 6.07) is 14.4. The molecule has 5 heterocycles. The van der Waals surface area contributed by atoms with Crippen molar-refractivity contribution in [3.63, 3.8) is 0 Å². The van der Waals surface area contributed by atoms with Crippen LogP contribution in [0.5, 0.6) is 0 Å². The van der Waals surface area contributed by atoms with Crippen molar-refractivity contribution in [2.45, 2.75) is 160 Å². The molecule has 0 radical (unpaired) electrons. The lowest BCUT2D eigenvalue weighted by atomic mass is 9.69. The highest BCUT2D eigenvalue weighted by Crippen LogP contribution is 2.41. The Morgan fingerprint density at radius 2 is 1.56 bits per heavy atom. The number of likely N-dealkylation sites (tertiary alicyclic amines) is 1. The molecule has 8 rings (SSSR count). The first-order valence-electron chi connectivity index (χ1n) is 29.6. The van der Waals surface area contributed by atoms with Crippen LogP contribution < -0.4 is 20.4 Å². The number of piperazine rings is 1. The highest BCUT2D eigenvalue weighted by atomic mass is 16.5. The number of likely N-dealkylation sites (N-methyl/N-ethyl adjacent to an activating group) is 1. The summed E-state index contributed by atoms with van der Waals surface area (Å²) in [5, 5.41) is 5.69. The van der Waals surface area contributed by atoms with Crippen molar-refractivity contribution in [3.05, 3.63) is 112 Å². The van der Waals surface area contributed by atoms with Gasteiger partial charge in [-0.25, -0.2) is 9.79 Å². The second-order valence-electron chi connectivity index (χ2n) is 22.6. The van der Waals surface area contributed by atoms with E-state index in [2.05, 4.69) is 122 Å². The van der Waals surface area contributed by atoms with Crippen molar-refractivity contribution in [1.29, 1.82) is 0 Å². The molecule has 2 aromatic carbocycles. The number of imide groups is 1. The van der Waals surface area contributed by atoms with Gasteiger partial charge >= 0.3 is 6.03 Å². The predicted molar refractivity (Wildman–Crippen MR) is 330 cm³/mol. The Morgan fingerprint density at radius 1 is 0.886 bits per heavy atom. The number of nitrogens with zero attached hydrogens (tertiary/aromatic N) is 7. The number of unbranched alkanes of at least 4 members (excludes halogenated alkanes) is 2. The van der Waals surface area contributed by atoms with Gasteiger partial charge in [0.25, 0.3) is 0 Å². The van der Waals surface area contributed by atoms with Crippen LogP contribution in [0.2, 0.25) is 0 Å².